The molecule has 1 atom stereocenters. The van der Waals surface area contributed by atoms with Crippen molar-refractivity contribution in [2.45, 2.75) is 19.8 Å². The standard InChI is InChI=1S/C14H30N4O3S/c1-5-22(19,20)17(3)9-6-8-16-14(15-2)18-10-7-13(11-18)12-21-4/h13H,5-12H2,1-4H3,(H,15,16). The van der Waals surface area contributed by atoms with Crippen molar-refractivity contribution in [3.8, 4) is 0 Å². The number of guanidine groups is 1. The highest BCUT2D eigenvalue weighted by Gasteiger charge is 2.24. The van der Waals surface area contributed by atoms with E-state index >= 15 is 0 Å². The van der Waals surface area contributed by atoms with Crippen molar-refractivity contribution < 1.29 is 13.2 Å². The molecule has 0 aromatic heterocycles. The van der Waals surface area contributed by atoms with Crippen LogP contribution in [0.2, 0.25) is 0 Å². The third-order valence-electron chi connectivity index (χ3n) is 3.97. The maximum atomic E-state index is 11.7. The maximum Gasteiger partial charge on any atom is 0.213 e. The number of hydrogen-bond acceptors (Lipinski definition) is 4. The molecule has 0 aromatic carbocycles. The largest absolute Gasteiger partial charge is 0.384 e. The molecular formula is C14H30N4O3S. The van der Waals surface area contributed by atoms with Crippen molar-refractivity contribution in [1.82, 2.24) is 14.5 Å². The van der Waals surface area contributed by atoms with E-state index in [-0.39, 0.29) is 5.75 Å². The lowest BCUT2D eigenvalue weighted by Crippen LogP contribution is -2.41. The fraction of sp³-hybridized carbons (Fsp3) is 0.929. The van der Waals surface area contributed by atoms with Gasteiger partial charge in [-0.05, 0) is 19.8 Å². The first-order chi connectivity index (χ1) is 10.4. The minimum absolute atomic E-state index is 0.146. The molecule has 0 bridgehead atoms. The Morgan fingerprint density at radius 3 is 2.82 bits per heavy atom. The zero-order valence-electron chi connectivity index (χ0n) is 14.2. The highest BCUT2D eigenvalue weighted by atomic mass is 32.2. The van der Waals surface area contributed by atoms with Crippen LogP contribution in [0.5, 0.6) is 0 Å². The van der Waals surface area contributed by atoms with E-state index in [1.807, 2.05) is 0 Å². The molecule has 0 aromatic rings. The molecule has 22 heavy (non-hydrogen) atoms. The Labute approximate surface area is 134 Å². The molecule has 0 aliphatic carbocycles. The van der Waals surface area contributed by atoms with Gasteiger partial charge in [-0.1, -0.05) is 0 Å². The van der Waals surface area contributed by atoms with Gasteiger partial charge in [0.2, 0.25) is 10.0 Å². The number of nitrogens with one attached hydrogen (secondary N) is 1. The van der Waals surface area contributed by atoms with Gasteiger partial charge in [-0.15, -0.1) is 0 Å². The highest BCUT2D eigenvalue weighted by molar-refractivity contribution is 7.89. The quantitative estimate of drug-likeness (QED) is 0.390. The van der Waals surface area contributed by atoms with Gasteiger partial charge in [0.15, 0.2) is 5.96 Å². The van der Waals surface area contributed by atoms with Gasteiger partial charge in [0.1, 0.15) is 0 Å². The molecule has 0 amide bonds. The van der Waals surface area contributed by atoms with Crippen molar-refractivity contribution in [3.63, 3.8) is 0 Å². The highest BCUT2D eigenvalue weighted by Crippen LogP contribution is 2.16. The van der Waals surface area contributed by atoms with E-state index in [0.29, 0.717) is 19.0 Å². The van der Waals surface area contributed by atoms with Crippen LogP contribution in [-0.4, -0.2) is 83.3 Å². The van der Waals surface area contributed by atoms with E-state index in [1.165, 1.54) is 4.31 Å². The molecule has 1 fully saturated rings. The van der Waals surface area contributed by atoms with Crippen LogP contribution in [0.4, 0.5) is 0 Å². The van der Waals surface area contributed by atoms with Gasteiger partial charge in [-0.3, -0.25) is 4.99 Å². The number of likely N-dealkylation sites (tertiary alicyclic amines) is 1. The summed E-state index contributed by atoms with van der Waals surface area (Å²) in [4.78, 5) is 6.54. The summed E-state index contributed by atoms with van der Waals surface area (Å²) >= 11 is 0. The average molecular weight is 334 g/mol. The number of nitrogens with zero attached hydrogens (tertiary/aromatic N) is 3. The van der Waals surface area contributed by atoms with Gasteiger partial charge in [0.05, 0.1) is 12.4 Å². The smallest absolute Gasteiger partial charge is 0.213 e. The van der Waals surface area contributed by atoms with Crippen LogP contribution >= 0.6 is 0 Å². The summed E-state index contributed by atoms with van der Waals surface area (Å²) in [5.41, 5.74) is 0. The number of hydrogen-bond donors (Lipinski definition) is 1. The zero-order valence-corrected chi connectivity index (χ0v) is 15.0. The lowest BCUT2D eigenvalue weighted by Gasteiger charge is -2.22. The second-order valence-corrected chi connectivity index (χ2v) is 7.97. The number of ether oxygens (including phenoxy) is 1. The Balaban J connectivity index is 2.31. The average Bonchev–Trinajstić information content (AvgIpc) is 2.95. The summed E-state index contributed by atoms with van der Waals surface area (Å²) in [6, 6.07) is 0. The maximum absolute atomic E-state index is 11.7. The normalized spacial score (nSPS) is 20.0. The first-order valence-corrected chi connectivity index (χ1v) is 9.44. The predicted molar refractivity (Wildman–Crippen MR) is 89.6 cm³/mol. The molecule has 0 radical (unpaired) electrons. The van der Waals surface area contributed by atoms with Gasteiger partial charge in [-0.25, -0.2) is 12.7 Å². The van der Waals surface area contributed by atoms with Crippen molar-refractivity contribution in [3.05, 3.63) is 0 Å². The third-order valence-corrected chi connectivity index (χ3v) is 5.83. The molecule has 7 nitrogen and oxygen atoms in total. The Kier molecular flexibility index (Phi) is 8.13. The Morgan fingerprint density at radius 1 is 1.50 bits per heavy atom. The fourth-order valence-electron chi connectivity index (χ4n) is 2.59. The first-order valence-electron chi connectivity index (χ1n) is 7.83. The van der Waals surface area contributed by atoms with Gasteiger partial charge >= 0.3 is 0 Å². The Hall–Kier alpha value is -0.860. The summed E-state index contributed by atoms with van der Waals surface area (Å²) in [6.07, 6.45) is 1.87. The molecule has 1 heterocycles. The second kappa shape index (κ2) is 9.32. The molecule has 8 heteroatoms. The number of aliphatic imine (C=N–C) groups is 1. The van der Waals surface area contributed by atoms with E-state index in [9.17, 15) is 8.42 Å². The predicted octanol–water partition coefficient (Wildman–Crippen LogP) is 0.202. The minimum atomic E-state index is -3.08. The fourth-order valence-corrected chi connectivity index (χ4v) is 3.44. The SMILES string of the molecule is CCS(=O)(=O)N(C)CCCNC(=NC)N1CCC(COC)C1. The van der Waals surface area contributed by atoms with Crippen LogP contribution in [0.15, 0.2) is 4.99 Å². The van der Waals surface area contributed by atoms with Crippen LogP contribution in [0.3, 0.4) is 0 Å². The van der Waals surface area contributed by atoms with Gasteiger partial charge in [0, 0.05) is 53.3 Å². The molecule has 0 saturated carbocycles. The molecule has 1 unspecified atom stereocenters. The van der Waals surface area contributed by atoms with Gasteiger partial charge in [-0.2, -0.15) is 0 Å². The van der Waals surface area contributed by atoms with E-state index in [4.69, 9.17) is 4.74 Å². The van der Waals surface area contributed by atoms with Crippen LogP contribution in [-0.2, 0) is 14.8 Å². The molecule has 1 N–H and O–H groups in total. The minimum Gasteiger partial charge on any atom is -0.384 e. The Bertz CT molecular complexity index is 453. The molecule has 130 valence electrons. The van der Waals surface area contributed by atoms with Crippen molar-refractivity contribution in [2.75, 3.05) is 59.7 Å². The van der Waals surface area contributed by atoms with Crippen LogP contribution in [0, 0.1) is 5.92 Å². The van der Waals surface area contributed by atoms with E-state index < -0.39 is 10.0 Å². The molecule has 1 aliphatic heterocycles. The lowest BCUT2D eigenvalue weighted by atomic mass is 10.1. The molecular weight excluding hydrogens is 304 g/mol. The van der Waals surface area contributed by atoms with Crippen LogP contribution in [0.25, 0.3) is 0 Å². The Morgan fingerprint density at radius 2 is 2.23 bits per heavy atom. The summed E-state index contributed by atoms with van der Waals surface area (Å²) in [5.74, 6) is 1.59. The van der Waals surface area contributed by atoms with E-state index in [1.54, 1.807) is 28.1 Å². The molecule has 1 saturated heterocycles. The first kappa shape index (κ1) is 19.2. The topological polar surface area (TPSA) is 74.2 Å². The number of methoxy groups -OCH3 is 1. The summed E-state index contributed by atoms with van der Waals surface area (Å²) in [7, 11) is 2.06. The van der Waals surface area contributed by atoms with Gasteiger partial charge < -0.3 is 15.0 Å². The van der Waals surface area contributed by atoms with E-state index in [2.05, 4.69) is 15.2 Å². The zero-order chi connectivity index (χ0) is 16.6. The van der Waals surface area contributed by atoms with Gasteiger partial charge in [0.25, 0.3) is 0 Å². The summed E-state index contributed by atoms with van der Waals surface area (Å²) < 4.78 is 29.9. The van der Waals surface area contributed by atoms with Crippen molar-refractivity contribution in [2.24, 2.45) is 10.9 Å². The summed E-state index contributed by atoms with van der Waals surface area (Å²) in [5, 5.41) is 3.31. The van der Waals surface area contributed by atoms with Crippen molar-refractivity contribution in [1.29, 1.82) is 0 Å². The van der Waals surface area contributed by atoms with E-state index in [0.717, 1.165) is 38.5 Å². The third kappa shape index (κ3) is 5.73. The molecule has 1 aliphatic rings. The van der Waals surface area contributed by atoms with Crippen LogP contribution < -0.4 is 5.32 Å². The monoisotopic (exact) mass is 334 g/mol. The van der Waals surface area contributed by atoms with Crippen molar-refractivity contribution >= 4 is 16.0 Å². The number of sulfonamides is 1. The summed E-state index contributed by atoms with van der Waals surface area (Å²) in [6.45, 7) is 5.62. The molecule has 0 spiro atoms. The second-order valence-electron chi connectivity index (χ2n) is 5.61. The van der Waals surface area contributed by atoms with Crippen LogP contribution in [0.1, 0.15) is 19.8 Å². The lowest BCUT2D eigenvalue weighted by molar-refractivity contribution is 0.157. The number of rotatable bonds is 8. The molecule has 1 rings (SSSR count).